The summed E-state index contributed by atoms with van der Waals surface area (Å²) in [7, 11) is 1.74. The first-order valence-corrected chi connectivity index (χ1v) is 9.31. The number of nitrogens with two attached hydrogens (primary N) is 1. The average molecular weight is 361 g/mol. The fourth-order valence-electron chi connectivity index (χ4n) is 2.82. The highest BCUT2D eigenvalue weighted by molar-refractivity contribution is 5.78. The molecule has 1 amide bonds. The van der Waals surface area contributed by atoms with Crippen molar-refractivity contribution in [2.24, 2.45) is 10.7 Å². The van der Waals surface area contributed by atoms with Crippen molar-refractivity contribution in [1.29, 1.82) is 0 Å². The third kappa shape index (κ3) is 6.58. The molecule has 1 aromatic rings. The summed E-state index contributed by atoms with van der Waals surface area (Å²) in [5, 5.41) is 0. The molecule has 26 heavy (non-hydrogen) atoms. The molecule has 1 aromatic carbocycles. The van der Waals surface area contributed by atoms with Gasteiger partial charge in [0, 0.05) is 26.7 Å². The Kier molecular flexibility index (Phi) is 6.89. The zero-order valence-electron chi connectivity index (χ0n) is 16.5. The number of carbonyl (C=O) groups is 1. The van der Waals surface area contributed by atoms with Gasteiger partial charge in [0.05, 0.1) is 6.54 Å². The summed E-state index contributed by atoms with van der Waals surface area (Å²) in [6, 6.07) is 8.10. The van der Waals surface area contributed by atoms with E-state index in [4.69, 9.17) is 10.5 Å². The first-order valence-electron chi connectivity index (χ1n) is 9.31. The van der Waals surface area contributed by atoms with Crippen LogP contribution in [0, 0.1) is 0 Å². The molecule has 0 aliphatic carbocycles. The maximum Gasteiger partial charge on any atom is 0.410 e. The number of benzene rings is 1. The second-order valence-electron chi connectivity index (χ2n) is 7.88. The Morgan fingerprint density at radius 3 is 2.31 bits per heavy atom. The van der Waals surface area contributed by atoms with Crippen LogP contribution in [0.3, 0.4) is 0 Å². The summed E-state index contributed by atoms with van der Waals surface area (Å²) in [6.45, 7) is 8.69. The number of amides is 1. The first-order chi connectivity index (χ1) is 12.2. The van der Waals surface area contributed by atoms with Crippen LogP contribution in [0.25, 0.3) is 0 Å². The molecule has 1 fully saturated rings. The predicted molar refractivity (Wildman–Crippen MR) is 105 cm³/mol. The van der Waals surface area contributed by atoms with Crippen LogP contribution in [-0.4, -0.2) is 47.6 Å². The van der Waals surface area contributed by atoms with Crippen molar-refractivity contribution in [2.75, 3.05) is 20.1 Å². The van der Waals surface area contributed by atoms with E-state index in [-0.39, 0.29) is 6.09 Å². The van der Waals surface area contributed by atoms with Crippen LogP contribution in [0.5, 0.6) is 0 Å². The largest absolute Gasteiger partial charge is 0.444 e. The molecule has 144 valence electrons. The number of rotatable bonds is 4. The maximum atomic E-state index is 12.0. The summed E-state index contributed by atoms with van der Waals surface area (Å²) in [5.74, 6) is 0.637. The highest BCUT2D eigenvalue weighted by atomic mass is 16.6. The van der Waals surface area contributed by atoms with E-state index in [2.05, 4.69) is 9.89 Å². The van der Waals surface area contributed by atoms with E-state index in [9.17, 15) is 4.79 Å². The second-order valence-corrected chi connectivity index (χ2v) is 7.88. The van der Waals surface area contributed by atoms with Gasteiger partial charge in [-0.2, -0.15) is 0 Å². The van der Waals surface area contributed by atoms with Crippen molar-refractivity contribution in [1.82, 2.24) is 9.80 Å². The molecule has 0 atom stereocenters. The van der Waals surface area contributed by atoms with Gasteiger partial charge in [-0.3, -0.25) is 0 Å². The summed E-state index contributed by atoms with van der Waals surface area (Å²) >= 11 is 0. The number of aliphatic imine (C=N–C) groups is 1. The lowest BCUT2D eigenvalue weighted by molar-refractivity contribution is 0.0285. The minimum Gasteiger partial charge on any atom is -0.444 e. The third-order valence-corrected chi connectivity index (χ3v) is 4.25. The average Bonchev–Trinajstić information content (AvgIpc) is 2.60. The molecule has 0 bridgehead atoms. The van der Waals surface area contributed by atoms with Crippen LogP contribution in [0.1, 0.15) is 51.2 Å². The molecule has 6 nitrogen and oxygen atoms in total. The van der Waals surface area contributed by atoms with E-state index < -0.39 is 5.60 Å². The van der Waals surface area contributed by atoms with Crippen LogP contribution in [0.4, 0.5) is 4.79 Å². The number of hydrogen-bond donors (Lipinski definition) is 1. The molecule has 1 aliphatic heterocycles. The Bertz CT molecular complexity index is 614. The normalized spacial score (nSPS) is 15.7. The molecule has 0 saturated carbocycles. The molecular formula is C20H32N4O2. The van der Waals surface area contributed by atoms with Crippen molar-refractivity contribution in [3.05, 3.63) is 35.4 Å². The smallest absolute Gasteiger partial charge is 0.410 e. The Morgan fingerprint density at radius 1 is 1.15 bits per heavy atom. The Morgan fingerprint density at radius 2 is 1.73 bits per heavy atom. The summed E-state index contributed by atoms with van der Waals surface area (Å²) in [5.41, 5.74) is 7.77. The number of guanidine groups is 1. The van der Waals surface area contributed by atoms with Crippen LogP contribution in [0.2, 0.25) is 0 Å². The van der Waals surface area contributed by atoms with Crippen molar-refractivity contribution in [3.8, 4) is 0 Å². The fourth-order valence-corrected chi connectivity index (χ4v) is 2.82. The van der Waals surface area contributed by atoms with E-state index in [0.29, 0.717) is 19.0 Å². The van der Waals surface area contributed by atoms with Crippen molar-refractivity contribution >= 4 is 12.1 Å². The third-order valence-electron chi connectivity index (χ3n) is 4.25. The summed E-state index contributed by atoms with van der Waals surface area (Å²) in [4.78, 5) is 20.3. The number of likely N-dealkylation sites (tertiary alicyclic amines) is 1. The number of carbonyl (C=O) groups excluding carboxylic acids is 1. The van der Waals surface area contributed by atoms with E-state index in [1.807, 2.05) is 45.0 Å². The van der Waals surface area contributed by atoms with Crippen LogP contribution in [0.15, 0.2) is 29.3 Å². The van der Waals surface area contributed by atoms with Gasteiger partial charge >= 0.3 is 6.09 Å². The van der Waals surface area contributed by atoms with Gasteiger partial charge in [-0.1, -0.05) is 24.3 Å². The Labute approximate surface area is 157 Å². The van der Waals surface area contributed by atoms with E-state index in [1.165, 1.54) is 19.3 Å². The molecule has 0 radical (unpaired) electrons. The Balaban J connectivity index is 1.86. The van der Waals surface area contributed by atoms with Gasteiger partial charge in [-0.25, -0.2) is 9.79 Å². The SMILES string of the molecule is CN(Cc1ccc(CN=C(N)N2CCCCC2)cc1)C(=O)OC(C)(C)C. The van der Waals surface area contributed by atoms with Gasteiger partial charge in [0.2, 0.25) is 0 Å². The second kappa shape index (κ2) is 8.92. The van der Waals surface area contributed by atoms with Gasteiger partial charge in [-0.05, 0) is 51.2 Å². The monoisotopic (exact) mass is 360 g/mol. The minimum absolute atomic E-state index is 0.319. The van der Waals surface area contributed by atoms with Gasteiger partial charge in [0.1, 0.15) is 5.60 Å². The molecule has 2 rings (SSSR count). The molecule has 2 N–H and O–H groups in total. The summed E-state index contributed by atoms with van der Waals surface area (Å²) < 4.78 is 5.37. The Hall–Kier alpha value is -2.24. The van der Waals surface area contributed by atoms with Crippen LogP contribution in [-0.2, 0) is 17.8 Å². The number of piperidine rings is 1. The van der Waals surface area contributed by atoms with Crippen LogP contribution < -0.4 is 5.73 Å². The standard InChI is InChI=1S/C20H32N4O2/c1-20(2,3)26-19(25)23(4)15-17-10-8-16(9-11-17)14-22-18(21)24-12-6-5-7-13-24/h8-11H,5-7,12-15H2,1-4H3,(H2,21,22). The lowest BCUT2D eigenvalue weighted by Gasteiger charge is -2.27. The van der Waals surface area contributed by atoms with Gasteiger partial charge in [0.15, 0.2) is 5.96 Å². The van der Waals surface area contributed by atoms with E-state index >= 15 is 0 Å². The zero-order valence-corrected chi connectivity index (χ0v) is 16.5. The molecule has 6 heteroatoms. The summed E-state index contributed by atoms with van der Waals surface area (Å²) in [6.07, 6.45) is 3.34. The van der Waals surface area contributed by atoms with Gasteiger partial charge in [0.25, 0.3) is 0 Å². The number of hydrogen-bond acceptors (Lipinski definition) is 3. The van der Waals surface area contributed by atoms with E-state index in [1.54, 1.807) is 11.9 Å². The first kappa shape index (κ1) is 20.1. The molecular weight excluding hydrogens is 328 g/mol. The maximum absolute atomic E-state index is 12.0. The molecule has 1 heterocycles. The van der Waals surface area contributed by atoms with Crippen molar-refractivity contribution in [2.45, 2.75) is 58.7 Å². The highest BCUT2D eigenvalue weighted by Gasteiger charge is 2.19. The predicted octanol–water partition coefficient (Wildman–Crippen LogP) is 3.35. The lowest BCUT2D eigenvalue weighted by Crippen LogP contribution is -2.40. The number of ether oxygens (including phenoxy) is 1. The zero-order chi connectivity index (χ0) is 19.2. The van der Waals surface area contributed by atoms with Crippen molar-refractivity contribution < 1.29 is 9.53 Å². The number of nitrogens with zero attached hydrogens (tertiary/aromatic N) is 3. The van der Waals surface area contributed by atoms with E-state index in [0.717, 1.165) is 24.2 Å². The molecule has 1 aliphatic rings. The molecule has 0 aromatic heterocycles. The fraction of sp³-hybridized carbons (Fsp3) is 0.600. The molecule has 0 unspecified atom stereocenters. The highest BCUT2D eigenvalue weighted by Crippen LogP contribution is 2.13. The lowest BCUT2D eigenvalue weighted by atomic mass is 10.1. The van der Waals surface area contributed by atoms with Crippen LogP contribution >= 0.6 is 0 Å². The molecule has 1 saturated heterocycles. The van der Waals surface area contributed by atoms with Gasteiger partial charge in [-0.15, -0.1) is 0 Å². The van der Waals surface area contributed by atoms with Gasteiger partial charge < -0.3 is 20.3 Å². The minimum atomic E-state index is -0.485. The van der Waals surface area contributed by atoms with Crippen molar-refractivity contribution in [3.63, 3.8) is 0 Å². The quantitative estimate of drug-likeness (QED) is 0.660. The molecule has 0 spiro atoms. The topological polar surface area (TPSA) is 71.2 Å².